The zero-order chi connectivity index (χ0) is 17.5. The van der Waals surface area contributed by atoms with Gasteiger partial charge in [-0.25, -0.2) is 4.39 Å². The van der Waals surface area contributed by atoms with Crippen LogP contribution in [0.15, 0.2) is 30.3 Å². The number of amides is 1. The molecule has 1 N–H and O–H groups in total. The fraction of sp³-hybridized carbons (Fsp3) is 0.500. The lowest BCUT2D eigenvalue weighted by atomic mass is 9.69. The molecular formula is C20H24FNO2. The number of carbonyl (C=O) groups excluding carboxylic acids is 2. The van der Waals surface area contributed by atoms with Crippen LogP contribution >= 0.6 is 0 Å². The second kappa shape index (κ2) is 5.83. The summed E-state index contributed by atoms with van der Waals surface area (Å²) in [4.78, 5) is 24.3. The van der Waals surface area contributed by atoms with Crippen molar-refractivity contribution in [2.24, 2.45) is 16.7 Å². The van der Waals surface area contributed by atoms with Gasteiger partial charge in [-0.2, -0.15) is 0 Å². The van der Waals surface area contributed by atoms with E-state index in [2.05, 4.69) is 26.1 Å². The molecule has 24 heavy (non-hydrogen) atoms. The summed E-state index contributed by atoms with van der Waals surface area (Å²) in [6.07, 6.45) is 5.70. The van der Waals surface area contributed by atoms with Gasteiger partial charge in [0.25, 0.3) is 5.91 Å². The molecule has 0 heterocycles. The van der Waals surface area contributed by atoms with Gasteiger partial charge in [-0.05, 0) is 54.2 Å². The fourth-order valence-corrected chi connectivity index (χ4v) is 4.50. The lowest BCUT2D eigenvalue weighted by Crippen LogP contribution is -2.48. The molecule has 2 bridgehead atoms. The second-order valence-corrected chi connectivity index (χ2v) is 7.86. The molecule has 3 rings (SSSR count). The van der Waals surface area contributed by atoms with Gasteiger partial charge in [0, 0.05) is 11.6 Å². The molecule has 3 nitrogen and oxygen atoms in total. The maximum Gasteiger partial charge on any atom is 0.291 e. The normalized spacial score (nSPS) is 30.7. The highest BCUT2D eigenvalue weighted by Gasteiger charge is 2.61. The minimum atomic E-state index is -0.637. The zero-order valence-electron chi connectivity index (χ0n) is 14.4. The molecule has 4 heteroatoms. The quantitative estimate of drug-likeness (QED) is 0.676. The van der Waals surface area contributed by atoms with Gasteiger partial charge in [0.2, 0.25) is 5.78 Å². The number of hydrogen-bond acceptors (Lipinski definition) is 2. The molecule has 1 aromatic carbocycles. The Kier molecular flexibility index (Phi) is 4.10. The number of carbonyl (C=O) groups is 2. The van der Waals surface area contributed by atoms with Crippen LogP contribution < -0.4 is 5.32 Å². The number of hydrogen-bond donors (Lipinski definition) is 1. The molecule has 2 aliphatic rings. The van der Waals surface area contributed by atoms with E-state index in [4.69, 9.17) is 0 Å². The van der Waals surface area contributed by atoms with E-state index in [1.165, 1.54) is 18.6 Å². The van der Waals surface area contributed by atoms with E-state index in [0.29, 0.717) is 11.5 Å². The van der Waals surface area contributed by atoms with Crippen LogP contribution in [-0.4, -0.2) is 17.7 Å². The minimum Gasteiger partial charge on any atom is -0.346 e. The van der Waals surface area contributed by atoms with Crippen LogP contribution in [0, 0.1) is 22.6 Å². The molecule has 0 aliphatic heterocycles. The van der Waals surface area contributed by atoms with Gasteiger partial charge in [0.1, 0.15) is 5.82 Å². The van der Waals surface area contributed by atoms with Crippen LogP contribution in [0.4, 0.5) is 4.39 Å². The average molecular weight is 329 g/mol. The molecular weight excluding hydrogens is 305 g/mol. The third kappa shape index (κ3) is 2.58. The first-order valence-corrected chi connectivity index (χ1v) is 8.53. The standard InChI is InChI=1S/C20H24FNO2/c1-19(2)14-10-11-20(19,3)17(12-14)22-18(24)16(23)9-8-13-6-4-5-7-15(13)21/h4-9,14,17H,10-12H2,1-3H3,(H,22,24)/b9-8+/t14-,17-,20-/m0/s1. The largest absolute Gasteiger partial charge is 0.346 e. The van der Waals surface area contributed by atoms with Crippen molar-refractivity contribution in [1.29, 1.82) is 0 Å². The summed E-state index contributed by atoms with van der Waals surface area (Å²) in [7, 11) is 0. The number of fused-ring (bicyclic) bond motifs is 2. The molecule has 0 saturated heterocycles. The van der Waals surface area contributed by atoms with Gasteiger partial charge >= 0.3 is 0 Å². The van der Waals surface area contributed by atoms with E-state index < -0.39 is 17.5 Å². The topological polar surface area (TPSA) is 46.2 Å². The summed E-state index contributed by atoms with van der Waals surface area (Å²) in [6.45, 7) is 6.73. The SMILES string of the molecule is CC1(C)[C@H]2CC[C@@]1(C)[C@@H](NC(=O)C(=O)/C=C/c1ccccc1F)C2. The first kappa shape index (κ1) is 16.9. The Labute approximate surface area is 142 Å². The van der Waals surface area contributed by atoms with Crippen molar-refractivity contribution in [3.63, 3.8) is 0 Å². The smallest absolute Gasteiger partial charge is 0.291 e. The van der Waals surface area contributed by atoms with Crippen LogP contribution in [0.5, 0.6) is 0 Å². The van der Waals surface area contributed by atoms with Crippen LogP contribution in [0.25, 0.3) is 6.08 Å². The van der Waals surface area contributed by atoms with Crippen LogP contribution in [0.1, 0.15) is 45.6 Å². The molecule has 3 atom stereocenters. The molecule has 1 aromatic rings. The second-order valence-electron chi connectivity index (χ2n) is 7.86. The van der Waals surface area contributed by atoms with Gasteiger partial charge in [0.05, 0.1) is 0 Å². The lowest BCUT2D eigenvalue weighted by Gasteiger charge is -2.39. The number of ketones is 1. The molecule has 0 spiro atoms. The predicted octanol–water partition coefficient (Wildman–Crippen LogP) is 3.74. The van der Waals surface area contributed by atoms with E-state index >= 15 is 0 Å². The highest BCUT2D eigenvalue weighted by molar-refractivity contribution is 6.41. The highest BCUT2D eigenvalue weighted by Crippen LogP contribution is 2.65. The van der Waals surface area contributed by atoms with Crippen LogP contribution in [0.2, 0.25) is 0 Å². The van der Waals surface area contributed by atoms with Crippen molar-refractivity contribution < 1.29 is 14.0 Å². The third-order valence-corrected chi connectivity index (χ3v) is 6.64. The zero-order valence-corrected chi connectivity index (χ0v) is 14.4. The molecule has 0 unspecified atom stereocenters. The Bertz CT molecular complexity index is 709. The third-order valence-electron chi connectivity index (χ3n) is 6.64. The Balaban J connectivity index is 1.66. The Morgan fingerprint density at radius 1 is 1.25 bits per heavy atom. The van der Waals surface area contributed by atoms with Gasteiger partial charge in [-0.15, -0.1) is 0 Å². The summed E-state index contributed by atoms with van der Waals surface area (Å²) in [6, 6.07) is 6.19. The van der Waals surface area contributed by atoms with Crippen molar-refractivity contribution in [1.82, 2.24) is 5.32 Å². The summed E-state index contributed by atoms with van der Waals surface area (Å²) < 4.78 is 13.5. The molecule has 2 fully saturated rings. The maximum atomic E-state index is 13.5. The molecule has 128 valence electrons. The van der Waals surface area contributed by atoms with E-state index in [9.17, 15) is 14.0 Å². The Morgan fingerprint density at radius 3 is 2.54 bits per heavy atom. The van der Waals surface area contributed by atoms with Crippen molar-refractivity contribution in [3.8, 4) is 0 Å². The molecule has 0 radical (unpaired) electrons. The first-order chi connectivity index (χ1) is 11.3. The Hall–Kier alpha value is -1.97. The highest BCUT2D eigenvalue weighted by atomic mass is 19.1. The van der Waals surface area contributed by atoms with Crippen molar-refractivity contribution in [2.75, 3.05) is 0 Å². The summed E-state index contributed by atoms with van der Waals surface area (Å²) >= 11 is 0. The fourth-order valence-electron chi connectivity index (χ4n) is 4.50. The maximum absolute atomic E-state index is 13.5. The number of benzene rings is 1. The lowest BCUT2D eigenvalue weighted by molar-refractivity contribution is -0.136. The van der Waals surface area contributed by atoms with E-state index in [1.54, 1.807) is 18.2 Å². The summed E-state index contributed by atoms with van der Waals surface area (Å²) in [5.74, 6) is -1.05. The van der Waals surface area contributed by atoms with Crippen molar-refractivity contribution in [3.05, 3.63) is 41.7 Å². The van der Waals surface area contributed by atoms with E-state index in [-0.39, 0.29) is 16.9 Å². The molecule has 2 aliphatic carbocycles. The summed E-state index contributed by atoms with van der Waals surface area (Å²) in [5.41, 5.74) is 0.506. The van der Waals surface area contributed by atoms with Gasteiger partial charge in [0.15, 0.2) is 0 Å². The van der Waals surface area contributed by atoms with E-state index in [0.717, 1.165) is 18.9 Å². The number of rotatable bonds is 4. The number of halogens is 1. The Morgan fingerprint density at radius 2 is 1.96 bits per heavy atom. The van der Waals surface area contributed by atoms with Gasteiger partial charge in [-0.3, -0.25) is 9.59 Å². The molecule has 2 saturated carbocycles. The summed E-state index contributed by atoms with van der Waals surface area (Å²) in [5, 5.41) is 2.92. The van der Waals surface area contributed by atoms with Crippen molar-refractivity contribution in [2.45, 2.75) is 46.1 Å². The first-order valence-electron chi connectivity index (χ1n) is 8.53. The molecule has 1 amide bonds. The van der Waals surface area contributed by atoms with Crippen LogP contribution in [-0.2, 0) is 9.59 Å². The van der Waals surface area contributed by atoms with Gasteiger partial charge in [-0.1, -0.05) is 39.0 Å². The minimum absolute atomic E-state index is 0.0306. The van der Waals surface area contributed by atoms with Crippen molar-refractivity contribution >= 4 is 17.8 Å². The molecule has 0 aromatic heterocycles. The van der Waals surface area contributed by atoms with E-state index in [1.807, 2.05) is 0 Å². The number of nitrogens with one attached hydrogen (secondary N) is 1. The average Bonchev–Trinajstić information content (AvgIpc) is 2.87. The van der Waals surface area contributed by atoms with Gasteiger partial charge < -0.3 is 5.32 Å². The van der Waals surface area contributed by atoms with Crippen LogP contribution in [0.3, 0.4) is 0 Å². The monoisotopic (exact) mass is 329 g/mol. The predicted molar refractivity (Wildman–Crippen MR) is 91.6 cm³/mol.